The van der Waals surface area contributed by atoms with Crippen LogP contribution in [0, 0.1) is 22.5 Å². The molecule has 0 aliphatic rings. The number of hydrogen-bond acceptors (Lipinski definition) is 5. The van der Waals surface area contributed by atoms with Crippen LogP contribution in [0.25, 0.3) is 0 Å². The van der Waals surface area contributed by atoms with E-state index in [-0.39, 0.29) is 22.2 Å². The van der Waals surface area contributed by atoms with E-state index in [2.05, 4.69) is 10.6 Å². The van der Waals surface area contributed by atoms with E-state index in [9.17, 15) is 18.5 Å². The molecule has 0 amide bonds. The second kappa shape index (κ2) is 7.50. The Morgan fingerprint density at radius 1 is 1.50 bits per heavy atom. The molecule has 0 aliphatic heterocycles. The third kappa shape index (κ3) is 4.68. The molecule has 0 atom stereocenters. The predicted octanol–water partition coefficient (Wildman–Crippen LogP) is 1.89. The summed E-state index contributed by atoms with van der Waals surface area (Å²) in [5, 5.41) is 10.6. The minimum Gasteiger partial charge on any atom is -0.258 e. The van der Waals surface area contributed by atoms with E-state index in [1.807, 2.05) is 0 Å². The van der Waals surface area contributed by atoms with Crippen molar-refractivity contribution in [2.45, 2.75) is 4.90 Å². The molecule has 0 spiro atoms. The molecule has 0 aliphatic carbocycles. The standard InChI is InChI=1S/C11H11ClN2O4S2/c1-2-6-19-7-5-13-20(17,18)11-8-9(14(15)16)3-4-10(11)12/h1,3-4,8,13H,5-7H2. The van der Waals surface area contributed by atoms with Gasteiger partial charge in [-0.2, -0.15) is 0 Å². The fourth-order valence-corrected chi connectivity index (χ4v) is 3.46. The van der Waals surface area contributed by atoms with Crippen molar-refractivity contribution in [2.24, 2.45) is 0 Å². The van der Waals surface area contributed by atoms with Gasteiger partial charge in [-0.15, -0.1) is 18.2 Å². The molecular formula is C11H11ClN2O4S2. The Bertz CT molecular complexity index is 640. The average molecular weight is 335 g/mol. The van der Waals surface area contributed by atoms with Crippen molar-refractivity contribution in [3.63, 3.8) is 0 Å². The Labute approximate surface area is 126 Å². The van der Waals surface area contributed by atoms with Crippen molar-refractivity contribution in [3.8, 4) is 12.3 Å². The van der Waals surface area contributed by atoms with Crippen molar-refractivity contribution < 1.29 is 13.3 Å². The molecule has 0 fully saturated rings. The number of thioether (sulfide) groups is 1. The van der Waals surface area contributed by atoms with E-state index in [1.165, 1.54) is 17.8 Å². The number of nitrogens with zero attached hydrogens (tertiary/aromatic N) is 1. The zero-order valence-corrected chi connectivity index (χ0v) is 12.6. The summed E-state index contributed by atoms with van der Waals surface area (Å²) >= 11 is 7.17. The van der Waals surface area contributed by atoms with Gasteiger partial charge >= 0.3 is 0 Å². The van der Waals surface area contributed by atoms with Crippen molar-refractivity contribution in [1.29, 1.82) is 0 Å². The van der Waals surface area contributed by atoms with Gasteiger partial charge in [0.05, 0.1) is 15.7 Å². The van der Waals surface area contributed by atoms with Crippen LogP contribution in [-0.2, 0) is 10.0 Å². The summed E-state index contributed by atoms with van der Waals surface area (Å²) in [4.78, 5) is 9.66. The summed E-state index contributed by atoms with van der Waals surface area (Å²) in [6, 6.07) is 3.25. The first-order chi connectivity index (χ1) is 9.38. The van der Waals surface area contributed by atoms with Gasteiger partial charge < -0.3 is 0 Å². The van der Waals surface area contributed by atoms with Crippen LogP contribution in [-0.4, -0.2) is 31.4 Å². The maximum atomic E-state index is 12.0. The number of rotatable bonds is 7. The Hall–Kier alpha value is -1.27. The van der Waals surface area contributed by atoms with Crippen molar-refractivity contribution in [2.75, 3.05) is 18.1 Å². The van der Waals surface area contributed by atoms with Crippen LogP contribution >= 0.6 is 23.4 Å². The molecule has 0 aromatic heterocycles. The van der Waals surface area contributed by atoms with Crippen LogP contribution in [0.2, 0.25) is 5.02 Å². The van der Waals surface area contributed by atoms with Crippen LogP contribution in [0.15, 0.2) is 23.1 Å². The lowest BCUT2D eigenvalue weighted by molar-refractivity contribution is -0.385. The topological polar surface area (TPSA) is 89.3 Å². The normalized spacial score (nSPS) is 11.0. The van der Waals surface area contributed by atoms with E-state index >= 15 is 0 Å². The highest BCUT2D eigenvalue weighted by Gasteiger charge is 2.21. The molecule has 1 aromatic carbocycles. The molecule has 1 rings (SSSR count). The summed E-state index contributed by atoms with van der Waals surface area (Å²) in [7, 11) is -3.89. The maximum absolute atomic E-state index is 12.0. The number of nitro benzene ring substituents is 1. The molecule has 0 radical (unpaired) electrons. The van der Waals surface area contributed by atoms with Gasteiger partial charge in [-0.25, -0.2) is 13.1 Å². The summed E-state index contributed by atoms with van der Waals surface area (Å²) < 4.78 is 26.3. The first-order valence-electron chi connectivity index (χ1n) is 5.33. The molecule has 0 saturated carbocycles. The zero-order valence-electron chi connectivity index (χ0n) is 10.2. The fourth-order valence-electron chi connectivity index (χ4n) is 1.27. The van der Waals surface area contributed by atoms with Gasteiger partial charge in [0.2, 0.25) is 10.0 Å². The number of nitro groups is 1. The number of terminal acetylenes is 1. The molecule has 108 valence electrons. The van der Waals surface area contributed by atoms with Gasteiger partial charge in [0.1, 0.15) is 4.90 Å². The first-order valence-corrected chi connectivity index (χ1v) is 8.35. The number of benzene rings is 1. The summed E-state index contributed by atoms with van der Waals surface area (Å²) in [6.07, 6.45) is 5.06. The molecule has 0 saturated heterocycles. The van der Waals surface area contributed by atoms with E-state index in [0.29, 0.717) is 11.5 Å². The zero-order chi connectivity index (χ0) is 15.2. The molecule has 9 heteroatoms. The quantitative estimate of drug-likeness (QED) is 0.356. The Kier molecular flexibility index (Phi) is 6.29. The Morgan fingerprint density at radius 3 is 2.80 bits per heavy atom. The molecular weight excluding hydrogens is 324 g/mol. The van der Waals surface area contributed by atoms with Gasteiger partial charge in [0, 0.05) is 24.4 Å². The SMILES string of the molecule is C#CCSCCNS(=O)(=O)c1cc([N+](=O)[O-])ccc1Cl. The van der Waals surface area contributed by atoms with E-state index in [0.717, 1.165) is 12.1 Å². The monoisotopic (exact) mass is 334 g/mol. The van der Waals surface area contributed by atoms with E-state index in [4.69, 9.17) is 18.0 Å². The van der Waals surface area contributed by atoms with Gasteiger partial charge in [0.15, 0.2) is 0 Å². The summed E-state index contributed by atoms with van der Waals surface area (Å²) in [5.41, 5.74) is -0.337. The van der Waals surface area contributed by atoms with Crippen LogP contribution in [0.5, 0.6) is 0 Å². The summed E-state index contributed by atoms with van der Waals surface area (Å²) in [6.45, 7) is 0.160. The van der Waals surface area contributed by atoms with Crippen LogP contribution in [0.1, 0.15) is 0 Å². The maximum Gasteiger partial charge on any atom is 0.270 e. The highest BCUT2D eigenvalue weighted by Crippen LogP contribution is 2.25. The van der Waals surface area contributed by atoms with E-state index in [1.54, 1.807) is 0 Å². The second-order valence-electron chi connectivity index (χ2n) is 3.53. The molecule has 20 heavy (non-hydrogen) atoms. The second-order valence-corrected chi connectivity index (χ2v) is 6.77. The fraction of sp³-hybridized carbons (Fsp3) is 0.273. The minimum atomic E-state index is -3.89. The number of sulfonamides is 1. The van der Waals surface area contributed by atoms with Crippen LogP contribution in [0.4, 0.5) is 5.69 Å². The molecule has 0 bridgehead atoms. The average Bonchev–Trinajstić information content (AvgIpc) is 2.38. The first kappa shape index (κ1) is 16.8. The van der Waals surface area contributed by atoms with E-state index < -0.39 is 14.9 Å². The van der Waals surface area contributed by atoms with Crippen molar-refractivity contribution >= 4 is 39.1 Å². The third-order valence-corrected chi connectivity index (χ3v) is 4.95. The molecule has 0 heterocycles. The van der Waals surface area contributed by atoms with Gasteiger partial charge in [-0.3, -0.25) is 10.1 Å². The summed E-state index contributed by atoms with van der Waals surface area (Å²) in [5.74, 6) is 3.40. The highest BCUT2D eigenvalue weighted by atomic mass is 35.5. The number of halogens is 1. The van der Waals surface area contributed by atoms with Gasteiger partial charge in [-0.05, 0) is 6.07 Å². The Balaban J connectivity index is 2.84. The van der Waals surface area contributed by atoms with Crippen LogP contribution < -0.4 is 4.72 Å². The molecule has 1 N–H and O–H groups in total. The number of nitrogens with one attached hydrogen (secondary N) is 1. The number of hydrogen-bond donors (Lipinski definition) is 1. The van der Waals surface area contributed by atoms with Crippen molar-refractivity contribution in [1.82, 2.24) is 4.72 Å². The lowest BCUT2D eigenvalue weighted by Crippen LogP contribution is -2.26. The highest BCUT2D eigenvalue weighted by molar-refractivity contribution is 7.99. The van der Waals surface area contributed by atoms with Crippen molar-refractivity contribution in [3.05, 3.63) is 33.3 Å². The smallest absolute Gasteiger partial charge is 0.258 e. The predicted molar refractivity (Wildman–Crippen MR) is 79.5 cm³/mol. The Morgan fingerprint density at radius 2 is 2.20 bits per heavy atom. The molecule has 1 aromatic rings. The van der Waals surface area contributed by atoms with Crippen LogP contribution in [0.3, 0.4) is 0 Å². The third-order valence-electron chi connectivity index (χ3n) is 2.14. The lowest BCUT2D eigenvalue weighted by Gasteiger charge is -2.07. The van der Waals surface area contributed by atoms with Gasteiger partial charge in [0.25, 0.3) is 5.69 Å². The largest absolute Gasteiger partial charge is 0.270 e. The molecule has 6 nitrogen and oxygen atoms in total. The van der Waals surface area contributed by atoms with Gasteiger partial charge in [-0.1, -0.05) is 17.5 Å². The minimum absolute atomic E-state index is 0.0700. The number of non-ortho nitro benzene ring substituents is 1. The lowest BCUT2D eigenvalue weighted by atomic mass is 10.3. The molecule has 0 unspecified atom stereocenters.